The van der Waals surface area contributed by atoms with Crippen molar-refractivity contribution in [2.45, 2.75) is 33.2 Å². The minimum atomic E-state index is -0.107. The van der Waals surface area contributed by atoms with Crippen molar-refractivity contribution >= 4 is 28.3 Å². The van der Waals surface area contributed by atoms with Crippen LogP contribution in [0.1, 0.15) is 33.2 Å². The lowest BCUT2D eigenvalue weighted by molar-refractivity contribution is -0.113. The first-order chi connectivity index (χ1) is 12.5. The third-order valence-electron chi connectivity index (χ3n) is 4.66. The molecule has 1 unspecified atom stereocenters. The van der Waals surface area contributed by atoms with Crippen LogP contribution in [0, 0.1) is 5.92 Å². The van der Waals surface area contributed by atoms with Gasteiger partial charge < -0.3 is 10.6 Å². The summed E-state index contributed by atoms with van der Waals surface area (Å²) < 4.78 is 1.90. The molecule has 2 aromatic heterocycles. The van der Waals surface area contributed by atoms with Crippen molar-refractivity contribution in [1.82, 2.24) is 20.0 Å². The zero-order valence-electron chi connectivity index (χ0n) is 15.1. The number of nitrogens with zero attached hydrogens (tertiary/aromatic N) is 3. The maximum atomic E-state index is 13.1. The normalized spacial score (nSPS) is 16.7. The van der Waals surface area contributed by atoms with Gasteiger partial charge in [-0.15, -0.1) is 0 Å². The number of benzene rings is 1. The van der Waals surface area contributed by atoms with E-state index < -0.39 is 0 Å². The molecular weight excluding hydrogens is 328 g/mol. The van der Waals surface area contributed by atoms with Crippen molar-refractivity contribution in [3.05, 3.63) is 47.9 Å². The van der Waals surface area contributed by atoms with Crippen LogP contribution in [0.25, 0.3) is 10.9 Å². The second-order valence-corrected chi connectivity index (χ2v) is 7.10. The molecule has 1 aromatic carbocycles. The highest BCUT2D eigenvalue weighted by Gasteiger charge is 2.31. The number of carbonyl (C=O) groups excluding carboxylic acids is 1. The number of aromatic amines is 1. The Balaban J connectivity index is 1.65. The van der Waals surface area contributed by atoms with E-state index >= 15 is 0 Å². The summed E-state index contributed by atoms with van der Waals surface area (Å²) >= 11 is 0. The molecule has 0 saturated heterocycles. The van der Waals surface area contributed by atoms with Crippen LogP contribution in [-0.4, -0.2) is 25.9 Å². The summed E-state index contributed by atoms with van der Waals surface area (Å²) in [6.45, 7) is 6.25. The maximum Gasteiger partial charge on any atom is 0.255 e. The quantitative estimate of drug-likeness (QED) is 0.670. The Kier molecular flexibility index (Phi) is 3.99. The lowest BCUT2D eigenvalue weighted by Crippen LogP contribution is -2.31. The molecule has 0 spiro atoms. The van der Waals surface area contributed by atoms with Crippen LogP contribution in [0.5, 0.6) is 0 Å². The van der Waals surface area contributed by atoms with Crippen LogP contribution < -0.4 is 10.6 Å². The van der Waals surface area contributed by atoms with Gasteiger partial charge in [0.15, 0.2) is 0 Å². The lowest BCUT2D eigenvalue weighted by Gasteiger charge is -2.30. The highest BCUT2D eigenvalue weighted by molar-refractivity contribution is 6.06. The largest absolute Gasteiger partial charge is 0.344 e. The number of amides is 1. The van der Waals surface area contributed by atoms with Gasteiger partial charge in [0.25, 0.3) is 5.91 Å². The smallest absolute Gasteiger partial charge is 0.255 e. The topological polar surface area (TPSA) is 87.6 Å². The molecule has 0 saturated carbocycles. The highest BCUT2D eigenvalue weighted by atomic mass is 16.1. The van der Waals surface area contributed by atoms with Crippen molar-refractivity contribution in [3.8, 4) is 0 Å². The highest BCUT2D eigenvalue weighted by Crippen LogP contribution is 2.35. The van der Waals surface area contributed by atoms with Crippen LogP contribution in [0.4, 0.5) is 11.5 Å². The van der Waals surface area contributed by atoms with Crippen molar-refractivity contribution in [2.24, 2.45) is 5.92 Å². The molecule has 1 aliphatic heterocycles. The first-order valence-corrected chi connectivity index (χ1v) is 8.78. The Labute approximate surface area is 151 Å². The Bertz CT molecular complexity index is 996. The molecule has 0 bridgehead atoms. The second kappa shape index (κ2) is 6.33. The number of fused-ring (bicyclic) bond motifs is 2. The fraction of sp³-hybridized carbons (Fsp3) is 0.316. The molecule has 1 atom stereocenters. The molecule has 3 N–H and O–H groups in total. The molecule has 134 valence electrons. The van der Waals surface area contributed by atoms with E-state index in [0.717, 1.165) is 40.1 Å². The van der Waals surface area contributed by atoms with E-state index in [0.29, 0.717) is 5.92 Å². The second-order valence-electron chi connectivity index (χ2n) is 7.10. The van der Waals surface area contributed by atoms with E-state index in [1.807, 2.05) is 35.9 Å². The van der Waals surface area contributed by atoms with Gasteiger partial charge in [0.1, 0.15) is 5.82 Å². The number of anilines is 2. The summed E-state index contributed by atoms with van der Waals surface area (Å²) in [6, 6.07) is 7.55. The lowest BCUT2D eigenvalue weighted by atomic mass is 9.93. The molecule has 4 rings (SSSR count). The summed E-state index contributed by atoms with van der Waals surface area (Å²) in [5.74, 6) is 1.25. The van der Waals surface area contributed by atoms with Crippen LogP contribution in [-0.2, 0) is 4.79 Å². The standard InChI is InChI=1S/C19H22N6O/c1-11(2)8-16-18(12(3)22-17-6-7-21-25(16)17)19(26)23-14-4-5-15-13(9-14)10-20-24-15/h4-7,9-11,16,22H,8H2,1-3H3,(H,20,24)(H,23,26). The molecule has 3 aromatic rings. The van der Waals surface area contributed by atoms with Crippen LogP contribution >= 0.6 is 0 Å². The predicted octanol–water partition coefficient (Wildman–Crippen LogP) is 3.68. The number of rotatable bonds is 4. The van der Waals surface area contributed by atoms with Gasteiger partial charge in [-0.3, -0.25) is 9.89 Å². The van der Waals surface area contributed by atoms with Gasteiger partial charge in [0, 0.05) is 22.8 Å². The number of carbonyl (C=O) groups is 1. The fourth-order valence-electron chi connectivity index (χ4n) is 3.50. The maximum absolute atomic E-state index is 13.1. The van der Waals surface area contributed by atoms with E-state index in [4.69, 9.17) is 0 Å². The first-order valence-electron chi connectivity index (χ1n) is 8.78. The van der Waals surface area contributed by atoms with E-state index in [1.165, 1.54) is 0 Å². The van der Waals surface area contributed by atoms with E-state index in [1.54, 1.807) is 12.4 Å². The minimum absolute atomic E-state index is 0.0843. The molecule has 1 amide bonds. The first kappa shape index (κ1) is 16.4. The van der Waals surface area contributed by atoms with Crippen LogP contribution in [0.3, 0.4) is 0 Å². The average molecular weight is 350 g/mol. The van der Waals surface area contributed by atoms with Gasteiger partial charge in [0.05, 0.1) is 29.5 Å². The van der Waals surface area contributed by atoms with Crippen LogP contribution in [0.15, 0.2) is 47.9 Å². The third-order valence-corrected chi connectivity index (χ3v) is 4.66. The van der Waals surface area contributed by atoms with Crippen molar-refractivity contribution in [3.63, 3.8) is 0 Å². The monoisotopic (exact) mass is 350 g/mol. The summed E-state index contributed by atoms with van der Waals surface area (Å²) in [4.78, 5) is 13.1. The Morgan fingerprint density at radius 1 is 1.35 bits per heavy atom. The summed E-state index contributed by atoms with van der Waals surface area (Å²) in [7, 11) is 0. The van der Waals surface area contributed by atoms with E-state index in [-0.39, 0.29) is 11.9 Å². The van der Waals surface area contributed by atoms with Gasteiger partial charge in [0.2, 0.25) is 0 Å². The molecule has 26 heavy (non-hydrogen) atoms. The number of nitrogens with one attached hydrogen (secondary N) is 3. The SMILES string of the molecule is CC1=C(C(=O)Nc2ccc3[nH]ncc3c2)C(CC(C)C)n2nccc2N1. The third kappa shape index (κ3) is 2.85. The van der Waals surface area contributed by atoms with E-state index in [9.17, 15) is 4.79 Å². The minimum Gasteiger partial charge on any atom is -0.344 e. The fourth-order valence-corrected chi connectivity index (χ4v) is 3.50. The summed E-state index contributed by atoms with van der Waals surface area (Å²) in [6.07, 6.45) is 4.35. The van der Waals surface area contributed by atoms with Crippen molar-refractivity contribution < 1.29 is 4.79 Å². The molecular formula is C19H22N6O. The van der Waals surface area contributed by atoms with Crippen molar-refractivity contribution in [1.29, 1.82) is 0 Å². The summed E-state index contributed by atoms with van der Waals surface area (Å²) in [5.41, 5.74) is 3.28. The Morgan fingerprint density at radius 3 is 3.00 bits per heavy atom. The van der Waals surface area contributed by atoms with Gasteiger partial charge in [-0.05, 0) is 37.5 Å². The average Bonchev–Trinajstić information content (AvgIpc) is 3.22. The van der Waals surface area contributed by atoms with E-state index in [2.05, 4.69) is 39.8 Å². The number of hydrogen-bond acceptors (Lipinski definition) is 4. The molecule has 1 aliphatic rings. The molecule has 7 nitrogen and oxygen atoms in total. The number of allylic oxidation sites excluding steroid dienone is 1. The molecule has 7 heteroatoms. The Morgan fingerprint density at radius 2 is 2.19 bits per heavy atom. The van der Waals surface area contributed by atoms with Gasteiger partial charge in [-0.25, -0.2) is 4.68 Å². The summed E-state index contributed by atoms with van der Waals surface area (Å²) in [5, 5.41) is 18.6. The molecule has 0 radical (unpaired) electrons. The molecule has 0 fully saturated rings. The van der Waals surface area contributed by atoms with Gasteiger partial charge in [-0.2, -0.15) is 10.2 Å². The predicted molar refractivity (Wildman–Crippen MR) is 102 cm³/mol. The zero-order valence-corrected chi connectivity index (χ0v) is 15.1. The Hall–Kier alpha value is -3.09. The van der Waals surface area contributed by atoms with Crippen molar-refractivity contribution in [2.75, 3.05) is 10.6 Å². The molecule has 3 heterocycles. The number of aromatic nitrogens is 4. The zero-order chi connectivity index (χ0) is 18.3. The molecule has 0 aliphatic carbocycles. The van der Waals surface area contributed by atoms with Crippen LogP contribution in [0.2, 0.25) is 0 Å². The number of H-pyrrole nitrogens is 1. The number of hydrogen-bond donors (Lipinski definition) is 3. The van der Waals surface area contributed by atoms with Gasteiger partial charge >= 0.3 is 0 Å². The van der Waals surface area contributed by atoms with Gasteiger partial charge in [-0.1, -0.05) is 13.8 Å².